The summed E-state index contributed by atoms with van der Waals surface area (Å²) in [6.45, 7) is 8.47. The Labute approximate surface area is 245 Å². The van der Waals surface area contributed by atoms with Gasteiger partial charge in [-0.3, -0.25) is 10.0 Å². The van der Waals surface area contributed by atoms with Gasteiger partial charge in [-0.1, -0.05) is 49.7 Å². The SMILES string of the molecule is COC(=O)C1=NN(c2ccc(C)cc2)[C@H](C(=O)O[C@@H]2[C@H]3C[C@H](C3(C)C)[C@]3(C)[C@H]2C(C(=O)OC)=NN3c2ccccc2)C1. The molecule has 220 valence electrons. The van der Waals surface area contributed by atoms with E-state index < -0.39 is 41.5 Å². The van der Waals surface area contributed by atoms with Crippen LogP contribution in [0, 0.1) is 30.1 Å². The number of hydrogen-bond donors (Lipinski definition) is 0. The van der Waals surface area contributed by atoms with Crippen LogP contribution < -0.4 is 10.0 Å². The van der Waals surface area contributed by atoms with Gasteiger partial charge in [0.25, 0.3) is 0 Å². The summed E-state index contributed by atoms with van der Waals surface area (Å²) in [6, 6.07) is 16.4. The molecule has 3 saturated carbocycles. The Balaban J connectivity index is 1.37. The summed E-state index contributed by atoms with van der Waals surface area (Å²) in [5.41, 5.74) is 2.12. The smallest absolute Gasteiger partial charge is 0.354 e. The number of rotatable bonds is 6. The fraction of sp³-hybridized carbons (Fsp3) is 0.469. The molecule has 2 bridgehead atoms. The Morgan fingerprint density at radius 1 is 0.881 bits per heavy atom. The van der Waals surface area contributed by atoms with Gasteiger partial charge in [0.2, 0.25) is 0 Å². The summed E-state index contributed by atoms with van der Waals surface area (Å²) in [7, 11) is 2.63. The predicted molar refractivity (Wildman–Crippen MR) is 157 cm³/mol. The van der Waals surface area contributed by atoms with Crippen LogP contribution in [0.2, 0.25) is 0 Å². The van der Waals surface area contributed by atoms with Crippen LogP contribution >= 0.6 is 0 Å². The predicted octanol–water partition coefficient (Wildman–Crippen LogP) is 4.11. The first-order chi connectivity index (χ1) is 20.0. The second kappa shape index (κ2) is 9.96. The molecule has 0 aromatic heterocycles. The van der Waals surface area contributed by atoms with Gasteiger partial charge >= 0.3 is 17.9 Å². The Morgan fingerprint density at radius 3 is 2.17 bits per heavy atom. The standard InChI is InChI=1S/C32H36N4O6/c1-18-12-14-19(15-13-18)35-23(17-22(33-35)28(37)40-5)29(38)42-27-21-16-24(31(21,2)3)32(4)25(27)26(30(39)41-6)34-36(32)20-10-8-7-9-11-20/h7-15,21,23-25,27H,16-17H2,1-6H3/t21-,23+,24-,25+,27-,32-/m1/s1. The van der Waals surface area contributed by atoms with Crippen LogP contribution in [-0.4, -0.2) is 61.2 Å². The summed E-state index contributed by atoms with van der Waals surface area (Å²) >= 11 is 0. The summed E-state index contributed by atoms with van der Waals surface area (Å²) in [4.78, 5) is 39.8. The minimum absolute atomic E-state index is 0.00493. The number of nitrogens with zero attached hydrogens (tertiary/aromatic N) is 4. The quantitative estimate of drug-likeness (QED) is 0.376. The number of aryl methyl sites for hydroxylation is 1. The van der Waals surface area contributed by atoms with Crippen LogP contribution in [0.1, 0.15) is 39.2 Å². The normalized spacial score (nSPS) is 30.5. The molecule has 0 radical (unpaired) electrons. The molecule has 2 aromatic carbocycles. The maximum Gasteiger partial charge on any atom is 0.354 e. The first-order valence-electron chi connectivity index (χ1n) is 14.3. The molecule has 2 heterocycles. The van der Waals surface area contributed by atoms with Crippen molar-refractivity contribution in [2.24, 2.45) is 33.4 Å². The molecule has 2 aliphatic heterocycles. The number of carbonyl (C=O) groups is 3. The van der Waals surface area contributed by atoms with E-state index in [0.29, 0.717) is 5.69 Å². The van der Waals surface area contributed by atoms with Crippen molar-refractivity contribution in [3.63, 3.8) is 0 Å². The first kappa shape index (κ1) is 27.9. The third kappa shape index (κ3) is 4.02. The Morgan fingerprint density at radius 2 is 1.55 bits per heavy atom. The fourth-order valence-electron chi connectivity index (χ4n) is 7.69. The van der Waals surface area contributed by atoms with Crippen LogP contribution in [0.3, 0.4) is 0 Å². The van der Waals surface area contributed by atoms with Gasteiger partial charge in [-0.25, -0.2) is 14.4 Å². The van der Waals surface area contributed by atoms with E-state index in [0.717, 1.165) is 17.7 Å². The van der Waals surface area contributed by atoms with Crippen molar-refractivity contribution in [3.8, 4) is 0 Å². The van der Waals surface area contributed by atoms with Gasteiger partial charge < -0.3 is 14.2 Å². The molecule has 3 fully saturated rings. The molecular weight excluding hydrogens is 536 g/mol. The molecule has 10 nitrogen and oxygen atoms in total. The number of anilines is 2. The second-order valence-electron chi connectivity index (χ2n) is 12.4. The van der Waals surface area contributed by atoms with Crippen molar-refractivity contribution in [3.05, 3.63) is 60.2 Å². The number of ether oxygens (including phenoxy) is 3. The summed E-state index contributed by atoms with van der Waals surface area (Å²) in [5, 5.41) is 12.8. The molecule has 5 aliphatic rings. The van der Waals surface area contributed by atoms with Gasteiger partial charge in [-0.2, -0.15) is 10.2 Å². The third-order valence-corrected chi connectivity index (χ3v) is 9.91. The van der Waals surface area contributed by atoms with Gasteiger partial charge in [0.15, 0.2) is 11.8 Å². The monoisotopic (exact) mass is 572 g/mol. The van der Waals surface area contributed by atoms with Crippen LogP contribution in [0.5, 0.6) is 0 Å². The van der Waals surface area contributed by atoms with Crippen molar-refractivity contribution in [1.29, 1.82) is 0 Å². The van der Waals surface area contributed by atoms with Crippen molar-refractivity contribution in [1.82, 2.24) is 0 Å². The average molecular weight is 573 g/mol. The van der Waals surface area contributed by atoms with Gasteiger partial charge in [0.05, 0.1) is 37.1 Å². The van der Waals surface area contributed by atoms with Crippen molar-refractivity contribution >= 4 is 40.7 Å². The Hall–Kier alpha value is -4.21. The van der Waals surface area contributed by atoms with E-state index in [-0.39, 0.29) is 35.1 Å². The number of hydrogen-bond acceptors (Lipinski definition) is 10. The minimum atomic E-state index is -0.876. The number of hydrazone groups is 2. The molecule has 3 aliphatic carbocycles. The lowest BCUT2D eigenvalue weighted by Crippen LogP contribution is -2.74. The summed E-state index contributed by atoms with van der Waals surface area (Å²) in [6.07, 6.45) is 0.219. The van der Waals surface area contributed by atoms with Gasteiger partial charge in [0, 0.05) is 12.3 Å². The maximum atomic E-state index is 14.1. The highest BCUT2D eigenvalue weighted by atomic mass is 16.6. The van der Waals surface area contributed by atoms with E-state index in [1.807, 2.05) is 66.5 Å². The lowest BCUT2D eigenvalue weighted by molar-refractivity contribution is -0.212. The van der Waals surface area contributed by atoms with Crippen molar-refractivity contribution in [2.45, 2.75) is 58.2 Å². The number of methoxy groups -OCH3 is 2. The number of para-hydroxylation sites is 1. The van der Waals surface area contributed by atoms with Gasteiger partial charge in [0.1, 0.15) is 11.8 Å². The molecule has 6 atom stereocenters. The minimum Gasteiger partial charge on any atom is -0.464 e. The Bertz CT molecular complexity index is 1490. The molecule has 0 amide bonds. The lowest BCUT2D eigenvalue weighted by Gasteiger charge is -2.68. The molecule has 7 rings (SSSR count). The van der Waals surface area contributed by atoms with Crippen LogP contribution in [0.15, 0.2) is 64.8 Å². The largest absolute Gasteiger partial charge is 0.464 e. The van der Waals surface area contributed by atoms with Crippen molar-refractivity contribution in [2.75, 3.05) is 24.2 Å². The van der Waals surface area contributed by atoms with Gasteiger partial charge in [-0.05, 0) is 55.9 Å². The molecule has 0 spiro atoms. The summed E-state index contributed by atoms with van der Waals surface area (Å²) in [5.74, 6) is -1.97. The highest BCUT2D eigenvalue weighted by molar-refractivity contribution is 6.39. The molecule has 10 heteroatoms. The zero-order valence-corrected chi connectivity index (χ0v) is 24.7. The second-order valence-corrected chi connectivity index (χ2v) is 12.4. The number of carbonyl (C=O) groups excluding carboxylic acids is 3. The molecule has 0 N–H and O–H groups in total. The number of benzene rings is 2. The maximum absolute atomic E-state index is 14.1. The van der Waals surface area contributed by atoms with Crippen LogP contribution in [0.25, 0.3) is 0 Å². The van der Waals surface area contributed by atoms with E-state index in [4.69, 9.17) is 19.3 Å². The molecule has 0 unspecified atom stereocenters. The number of esters is 3. The lowest BCUT2D eigenvalue weighted by atomic mass is 9.39. The van der Waals surface area contributed by atoms with E-state index >= 15 is 0 Å². The fourth-order valence-corrected chi connectivity index (χ4v) is 7.69. The van der Waals surface area contributed by atoms with E-state index in [2.05, 4.69) is 25.9 Å². The first-order valence-corrected chi connectivity index (χ1v) is 14.3. The van der Waals surface area contributed by atoms with Crippen LogP contribution in [0.4, 0.5) is 11.4 Å². The zero-order valence-electron chi connectivity index (χ0n) is 24.7. The van der Waals surface area contributed by atoms with E-state index in [1.165, 1.54) is 19.2 Å². The zero-order chi connectivity index (χ0) is 30.0. The molecule has 0 saturated heterocycles. The van der Waals surface area contributed by atoms with E-state index in [9.17, 15) is 14.4 Å². The van der Waals surface area contributed by atoms with Crippen LogP contribution in [-0.2, 0) is 28.6 Å². The molecule has 2 aromatic rings. The van der Waals surface area contributed by atoms with E-state index in [1.54, 1.807) is 0 Å². The summed E-state index contributed by atoms with van der Waals surface area (Å²) < 4.78 is 16.6. The molecular formula is C32H36N4O6. The Kier molecular flexibility index (Phi) is 6.62. The highest BCUT2D eigenvalue weighted by Crippen LogP contribution is 2.68. The third-order valence-electron chi connectivity index (χ3n) is 9.91. The topological polar surface area (TPSA) is 110 Å². The average Bonchev–Trinajstić information content (AvgIpc) is 3.57. The molecule has 42 heavy (non-hydrogen) atoms. The van der Waals surface area contributed by atoms with Gasteiger partial charge in [-0.15, -0.1) is 0 Å². The van der Waals surface area contributed by atoms with Crippen molar-refractivity contribution < 1.29 is 28.6 Å². The highest BCUT2D eigenvalue weighted by Gasteiger charge is 2.74.